The quantitative estimate of drug-likeness (QED) is 0.411. The van der Waals surface area contributed by atoms with Gasteiger partial charge in [0.25, 0.3) is 0 Å². The maximum atomic E-state index is 12.9. The molecule has 8 nitrogen and oxygen atoms in total. The average molecular weight is 451 g/mol. The van der Waals surface area contributed by atoms with E-state index < -0.39 is 0 Å². The topological polar surface area (TPSA) is 90.8 Å². The van der Waals surface area contributed by atoms with Crippen molar-refractivity contribution in [1.82, 2.24) is 20.3 Å². The molecule has 2 aliphatic carbocycles. The van der Waals surface area contributed by atoms with E-state index in [4.69, 9.17) is 14.2 Å². The summed E-state index contributed by atoms with van der Waals surface area (Å²) < 4.78 is 19.0. The lowest BCUT2D eigenvalue weighted by atomic mass is 9.78. The Morgan fingerprint density at radius 2 is 2.12 bits per heavy atom. The smallest absolute Gasteiger partial charge is 0.310 e. The van der Waals surface area contributed by atoms with Gasteiger partial charge in [-0.05, 0) is 57.4 Å². The molecule has 2 saturated heterocycles. The highest BCUT2D eigenvalue weighted by Crippen LogP contribution is 2.62. The minimum absolute atomic E-state index is 0.0646. The SMILES string of the molecule is COc1ccc(-n2cc(CNC[C@@H]3C(=O)O[C@H]4[C@H]3CCC(C)=C3C[C@H]5O[C@@]5(C)[C@@H]34)nn2)cc1. The molecular weight excluding hydrogens is 420 g/mol. The van der Waals surface area contributed by atoms with Crippen LogP contribution in [0.3, 0.4) is 0 Å². The summed E-state index contributed by atoms with van der Waals surface area (Å²) in [6.45, 7) is 5.57. The van der Waals surface area contributed by atoms with E-state index in [2.05, 4.69) is 29.5 Å². The number of allylic oxidation sites excluding steroid dienone is 1. The Labute approximate surface area is 193 Å². The lowest BCUT2D eigenvalue weighted by Gasteiger charge is -2.28. The fourth-order valence-electron chi connectivity index (χ4n) is 6.20. The van der Waals surface area contributed by atoms with E-state index >= 15 is 0 Å². The lowest BCUT2D eigenvalue weighted by Crippen LogP contribution is -2.37. The molecule has 0 bridgehead atoms. The first-order valence-electron chi connectivity index (χ1n) is 11.8. The van der Waals surface area contributed by atoms with Gasteiger partial charge in [0, 0.05) is 24.9 Å². The second-order valence-electron chi connectivity index (χ2n) is 9.97. The molecule has 174 valence electrons. The van der Waals surface area contributed by atoms with Crippen molar-refractivity contribution in [2.24, 2.45) is 17.8 Å². The molecule has 2 aliphatic heterocycles. The summed E-state index contributed by atoms with van der Waals surface area (Å²) in [6.07, 6.45) is 5.17. The molecule has 33 heavy (non-hydrogen) atoms. The average Bonchev–Trinajstić information content (AvgIpc) is 3.10. The molecule has 1 aromatic heterocycles. The van der Waals surface area contributed by atoms with Crippen molar-refractivity contribution in [1.29, 1.82) is 0 Å². The van der Waals surface area contributed by atoms with Crippen molar-refractivity contribution in [3.8, 4) is 11.4 Å². The molecule has 2 aromatic rings. The van der Waals surface area contributed by atoms with Crippen LogP contribution < -0.4 is 10.1 Å². The number of carbonyl (C=O) groups excluding carboxylic acids is 1. The summed E-state index contributed by atoms with van der Waals surface area (Å²) in [5.41, 5.74) is 4.56. The van der Waals surface area contributed by atoms with Crippen molar-refractivity contribution in [2.45, 2.75) is 57.5 Å². The van der Waals surface area contributed by atoms with Gasteiger partial charge in [0.15, 0.2) is 0 Å². The van der Waals surface area contributed by atoms with Gasteiger partial charge >= 0.3 is 5.97 Å². The number of carbonyl (C=O) groups is 1. The number of nitrogens with zero attached hydrogens (tertiary/aromatic N) is 3. The van der Waals surface area contributed by atoms with Gasteiger partial charge in [0.1, 0.15) is 17.5 Å². The highest BCUT2D eigenvalue weighted by molar-refractivity contribution is 5.76. The number of hydrogen-bond acceptors (Lipinski definition) is 7. The molecule has 1 saturated carbocycles. The zero-order valence-electron chi connectivity index (χ0n) is 19.3. The van der Waals surface area contributed by atoms with Crippen LogP contribution in [-0.4, -0.2) is 52.4 Å². The number of esters is 1. The van der Waals surface area contributed by atoms with Crippen LogP contribution in [0.4, 0.5) is 0 Å². The molecule has 1 N–H and O–H groups in total. The zero-order chi connectivity index (χ0) is 22.7. The first-order valence-corrected chi connectivity index (χ1v) is 11.8. The second-order valence-corrected chi connectivity index (χ2v) is 9.97. The molecule has 6 rings (SSSR count). The largest absolute Gasteiger partial charge is 0.497 e. The van der Waals surface area contributed by atoms with Gasteiger partial charge in [-0.15, -0.1) is 5.10 Å². The number of epoxide rings is 1. The molecule has 0 spiro atoms. The highest BCUT2D eigenvalue weighted by atomic mass is 16.6. The number of rotatable bonds is 6. The van der Waals surface area contributed by atoms with E-state index in [1.165, 1.54) is 11.1 Å². The predicted molar refractivity (Wildman–Crippen MR) is 120 cm³/mol. The number of hydrogen-bond donors (Lipinski definition) is 1. The van der Waals surface area contributed by atoms with Crippen molar-refractivity contribution in [3.05, 3.63) is 47.3 Å². The first kappa shape index (κ1) is 20.9. The van der Waals surface area contributed by atoms with Crippen LogP contribution in [-0.2, 0) is 20.8 Å². The van der Waals surface area contributed by atoms with E-state index in [-0.39, 0.29) is 35.4 Å². The minimum Gasteiger partial charge on any atom is -0.497 e. The van der Waals surface area contributed by atoms with Crippen molar-refractivity contribution in [2.75, 3.05) is 13.7 Å². The number of fused-ring (bicyclic) bond motifs is 5. The van der Waals surface area contributed by atoms with Crippen LogP contribution in [0.1, 0.15) is 38.8 Å². The van der Waals surface area contributed by atoms with E-state index in [0.29, 0.717) is 19.2 Å². The lowest BCUT2D eigenvalue weighted by molar-refractivity contribution is -0.146. The first-order chi connectivity index (χ1) is 16.0. The molecule has 3 fully saturated rings. The van der Waals surface area contributed by atoms with Crippen molar-refractivity contribution in [3.63, 3.8) is 0 Å². The van der Waals surface area contributed by atoms with Crippen LogP contribution in [0.5, 0.6) is 5.75 Å². The standard InChI is InChI=1S/C25H30N4O4/c1-14-4-9-18-20(24(30)32-23(18)22-19(14)10-21-25(22,2)33-21)12-26-11-15-13-29(28-27-15)16-5-7-17(31-3)8-6-16/h5-8,13,18,20-23,26H,4,9-12H2,1-3H3/t18-,20-,21+,22-,23-,25+/m0/s1. The van der Waals surface area contributed by atoms with E-state index in [0.717, 1.165) is 36.4 Å². The van der Waals surface area contributed by atoms with Crippen molar-refractivity contribution >= 4 is 5.97 Å². The summed E-state index contributed by atoms with van der Waals surface area (Å²) >= 11 is 0. The van der Waals surface area contributed by atoms with Gasteiger partial charge in [-0.1, -0.05) is 16.4 Å². The van der Waals surface area contributed by atoms with Crippen LogP contribution in [0.25, 0.3) is 5.69 Å². The van der Waals surface area contributed by atoms with Crippen molar-refractivity contribution < 1.29 is 19.0 Å². The maximum Gasteiger partial charge on any atom is 0.310 e. The van der Waals surface area contributed by atoms with Gasteiger partial charge in [-0.2, -0.15) is 0 Å². The Kier molecular flexibility index (Phi) is 4.85. The number of ether oxygens (including phenoxy) is 3. The summed E-state index contributed by atoms with van der Waals surface area (Å²) in [5, 5.41) is 11.9. The van der Waals surface area contributed by atoms with Crippen LogP contribution >= 0.6 is 0 Å². The Morgan fingerprint density at radius 3 is 2.91 bits per heavy atom. The molecule has 0 radical (unpaired) electrons. The van der Waals surface area contributed by atoms with Gasteiger partial charge in [0.05, 0.1) is 36.7 Å². The summed E-state index contributed by atoms with van der Waals surface area (Å²) in [6, 6.07) is 7.66. The van der Waals surface area contributed by atoms with Gasteiger partial charge in [-0.25, -0.2) is 4.68 Å². The Bertz CT molecular complexity index is 1110. The third-order valence-electron chi connectivity index (χ3n) is 8.15. The molecule has 0 amide bonds. The third kappa shape index (κ3) is 3.38. The molecular formula is C25H30N4O4. The number of nitrogens with one attached hydrogen (secondary N) is 1. The predicted octanol–water partition coefficient (Wildman–Crippen LogP) is 2.81. The fraction of sp³-hybridized carbons (Fsp3) is 0.560. The van der Waals surface area contributed by atoms with E-state index in [1.54, 1.807) is 11.8 Å². The van der Waals surface area contributed by atoms with Crippen LogP contribution in [0.15, 0.2) is 41.6 Å². The summed E-state index contributed by atoms with van der Waals surface area (Å²) in [5.74, 6) is 1.02. The highest BCUT2D eigenvalue weighted by Gasteiger charge is 2.69. The molecule has 6 atom stereocenters. The summed E-state index contributed by atoms with van der Waals surface area (Å²) in [4.78, 5) is 12.9. The monoisotopic (exact) mass is 450 g/mol. The Balaban J connectivity index is 1.11. The molecule has 8 heteroatoms. The van der Waals surface area contributed by atoms with Crippen LogP contribution in [0, 0.1) is 17.8 Å². The van der Waals surface area contributed by atoms with E-state index in [9.17, 15) is 4.79 Å². The van der Waals surface area contributed by atoms with Crippen LogP contribution in [0.2, 0.25) is 0 Å². The number of methoxy groups -OCH3 is 1. The number of benzene rings is 1. The number of aromatic nitrogens is 3. The van der Waals surface area contributed by atoms with E-state index in [1.807, 2.05) is 30.5 Å². The normalized spacial score (nSPS) is 34.4. The molecule has 0 unspecified atom stereocenters. The second kappa shape index (κ2) is 7.67. The Hall–Kier alpha value is -2.71. The molecule has 1 aromatic carbocycles. The Morgan fingerprint density at radius 1 is 1.30 bits per heavy atom. The fourth-order valence-corrected chi connectivity index (χ4v) is 6.20. The molecule has 4 aliphatic rings. The summed E-state index contributed by atoms with van der Waals surface area (Å²) in [7, 11) is 1.65. The third-order valence-corrected chi connectivity index (χ3v) is 8.15. The van der Waals surface area contributed by atoms with Gasteiger partial charge < -0.3 is 19.5 Å². The maximum absolute atomic E-state index is 12.9. The van der Waals surface area contributed by atoms with Gasteiger partial charge in [-0.3, -0.25) is 4.79 Å². The molecule has 3 heterocycles. The van der Waals surface area contributed by atoms with Gasteiger partial charge in [0.2, 0.25) is 0 Å². The zero-order valence-corrected chi connectivity index (χ0v) is 19.3. The minimum atomic E-state index is -0.146.